The summed E-state index contributed by atoms with van der Waals surface area (Å²) in [6.45, 7) is 1.35. The predicted molar refractivity (Wildman–Crippen MR) is 113 cm³/mol. The average molecular weight is 452 g/mol. The number of rotatable bonds is 6. The second-order valence-corrected chi connectivity index (χ2v) is 6.87. The van der Waals surface area contributed by atoms with E-state index in [0.29, 0.717) is 22.6 Å². The van der Waals surface area contributed by atoms with Crippen molar-refractivity contribution in [2.24, 2.45) is 5.10 Å². The van der Waals surface area contributed by atoms with Gasteiger partial charge < -0.3 is 14.2 Å². The molecule has 4 rings (SSSR count). The van der Waals surface area contributed by atoms with E-state index >= 15 is 0 Å². The predicted octanol–water partition coefficient (Wildman–Crippen LogP) is 4.17. The van der Waals surface area contributed by atoms with E-state index in [2.05, 4.69) is 10.1 Å². The van der Waals surface area contributed by atoms with E-state index in [1.165, 1.54) is 55.4 Å². The zero-order valence-electron chi connectivity index (χ0n) is 17.5. The summed E-state index contributed by atoms with van der Waals surface area (Å²) in [6, 6.07) is 13.1. The molecule has 0 fully saturated rings. The topological polar surface area (TPSA) is 116 Å². The molecule has 1 aliphatic rings. The van der Waals surface area contributed by atoms with Crippen LogP contribution < -0.4 is 9.47 Å². The number of hydrogen-bond acceptors (Lipinski definition) is 8. The first-order chi connectivity index (χ1) is 15.9. The molecular weight excluding hydrogens is 435 g/mol. The lowest BCUT2D eigenvalue weighted by molar-refractivity contribution is -0.385. The molecule has 1 aromatic heterocycles. The highest BCUT2D eigenvalue weighted by atomic mass is 19.1. The largest absolute Gasteiger partial charge is 0.493 e. The number of pyridine rings is 1. The summed E-state index contributed by atoms with van der Waals surface area (Å²) in [5, 5.41) is 16.2. The number of nitrogens with zero attached hydrogens (tertiary/aromatic N) is 4. The molecule has 2 heterocycles. The van der Waals surface area contributed by atoms with Crippen LogP contribution in [0.1, 0.15) is 24.3 Å². The molecule has 168 valence electrons. The third kappa shape index (κ3) is 4.56. The van der Waals surface area contributed by atoms with E-state index in [1.54, 1.807) is 18.2 Å². The fourth-order valence-electron chi connectivity index (χ4n) is 3.07. The fraction of sp³-hybridized carbons (Fsp3) is 0.136. The van der Waals surface area contributed by atoms with Gasteiger partial charge in [0.25, 0.3) is 5.69 Å². The minimum Gasteiger partial charge on any atom is -0.493 e. The van der Waals surface area contributed by atoms with Crippen molar-refractivity contribution >= 4 is 17.5 Å². The second-order valence-electron chi connectivity index (χ2n) is 6.87. The van der Waals surface area contributed by atoms with Crippen molar-refractivity contribution in [3.8, 4) is 17.4 Å². The van der Waals surface area contributed by atoms with Crippen LogP contribution in [0.3, 0.4) is 0 Å². The Bertz CT molecular complexity index is 1230. The van der Waals surface area contributed by atoms with E-state index < -0.39 is 17.0 Å². The molecule has 3 aromatic rings. The number of aromatic nitrogens is 1. The van der Waals surface area contributed by atoms with E-state index in [4.69, 9.17) is 14.2 Å². The molecule has 1 atom stereocenters. The minimum absolute atomic E-state index is 0.135. The van der Waals surface area contributed by atoms with Gasteiger partial charge in [0.1, 0.15) is 12.0 Å². The molecule has 0 aliphatic carbocycles. The number of benzene rings is 2. The molecule has 1 aliphatic heterocycles. The Kier molecular flexibility index (Phi) is 5.85. The molecule has 33 heavy (non-hydrogen) atoms. The molecule has 10 nitrogen and oxygen atoms in total. The SMILES string of the molecule is COc1cc([C@@H]2OC(c3ccc(F)cc3)=NN2C(C)=O)ccc1Oc1ccc([N+](=O)[O-])cn1. The third-order valence-electron chi connectivity index (χ3n) is 4.68. The number of carbonyl (C=O) groups excluding carboxylic acids is 1. The summed E-state index contributed by atoms with van der Waals surface area (Å²) < 4.78 is 30.2. The summed E-state index contributed by atoms with van der Waals surface area (Å²) in [7, 11) is 1.44. The normalized spacial score (nSPS) is 14.9. The van der Waals surface area contributed by atoms with Crippen LogP contribution in [0, 0.1) is 15.9 Å². The summed E-state index contributed by atoms with van der Waals surface area (Å²) in [6.07, 6.45) is 0.213. The van der Waals surface area contributed by atoms with E-state index in [0.717, 1.165) is 6.20 Å². The van der Waals surface area contributed by atoms with Crippen molar-refractivity contribution in [2.45, 2.75) is 13.2 Å². The number of carbonyl (C=O) groups is 1. The molecule has 2 aromatic carbocycles. The summed E-state index contributed by atoms with van der Waals surface area (Å²) in [5.41, 5.74) is 0.901. The van der Waals surface area contributed by atoms with Crippen molar-refractivity contribution in [2.75, 3.05) is 7.11 Å². The summed E-state index contributed by atoms with van der Waals surface area (Å²) >= 11 is 0. The van der Waals surface area contributed by atoms with Crippen molar-refractivity contribution in [3.05, 3.63) is 87.9 Å². The Balaban J connectivity index is 1.59. The molecule has 1 amide bonds. The van der Waals surface area contributed by atoms with Crippen molar-refractivity contribution in [3.63, 3.8) is 0 Å². The Hall–Kier alpha value is -4.54. The lowest BCUT2D eigenvalue weighted by atomic mass is 10.1. The van der Waals surface area contributed by atoms with Crippen LogP contribution in [0.25, 0.3) is 0 Å². The van der Waals surface area contributed by atoms with Crippen LogP contribution >= 0.6 is 0 Å². The van der Waals surface area contributed by atoms with E-state index in [-0.39, 0.29) is 23.4 Å². The molecule has 0 radical (unpaired) electrons. The molecule has 0 spiro atoms. The van der Waals surface area contributed by atoms with E-state index in [9.17, 15) is 19.3 Å². The zero-order chi connectivity index (χ0) is 23.5. The van der Waals surface area contributed by atoms with Crippen LogP contribution in [0.5, 0.6) is 17.4 Å². The van der Waals surface area contributed by atoms with Gasteiger partial charge in [-0.2, -0.15) is 5.01 Å². The van der Waals surface area contributed by atoms with Crippen molar-refractivity contribution in [1.82, 2.24) is 9.99 Å². The standard InChI is InChI=1S/C22H17FN4O6/c1-13(28)26-22(33-21(25-26)14-3-6-16(23)7-4-14)15-5-9-18(19(11-15)31-2)32-20-10-8-17(12-24-20)27(29)30/h3-12,22H,1-2H3/t22-/m0/s1. The van der Waals surface area contributed by atoms with Gasteiger partial charge in [0.05, 0.1) is 12.0 Å². The first kappa shape index (κ1) is 21.7. The number of methoxy groups -OCH3 is 1. The Morgan fingerprint density at radius 1 is 1.15 bits per heavy atom. The van der Waals surface area contributed by atoms with Crippen molar-refractivity contribution < 1.29 is 28.3 Å². The van der Waals surface area contributed by atoms with Gasteiger partial charge in [-0.3, -0.25) is 14.9 Å². The van der Waals surface area contributed by atoms with Crippen LogP contribution in [-0.4, -0.2) is 33.8 Å². The van der Waals surface area contributed by atoms with Gasteiger partial charge in [0.2, 0.25) is 23.9 Å². The number of halogens is 1. The first-order valence-electron chi connectivity index (χ1n) is 9.63. The highest BCUT2D eigenvalue weighted by molar-refractivity contribution is 5.96. The summed E-state index contributed by atoms with van der Waals surface area (Å²) in [4.78, 5) is 26.3. The molecule has 0 unspecified atom stereocenters. The zero-order valence-corrected chi connectivity index (χ0v) is 17.5. The van der Waals surface area contributed by atoms with Gasteiger partial charge in [0, 0.05) is 30.2 Å². The number of ether oxygens (including phenoxy) is 3. The number of hydrazone groups is 1. The number of hydrogen-bond donors (Lipinski definition) is 0. The van der Waals surface area contributed by atoms with Crippen LogP contribution in [0.15, 0.2) is 65.9 Å². The van der Waals surface area contributed by atoms with Gasteiger partial charge in [-0.15, -0.1) is 5.10 Å². The van der Waals surface area contributed by atoms with Gasteiger partial charge in [-0.05, 0) is 42.5 Å². The molecule has 0 saturated heterocycles. The fourth-order valence-corrected chi connectivity index (χ4v) is 3.07. The number of amides is 1. The maximum Gasteiger partial charge on any atom is 0.287 e. The molecular formula is C22H17FN4O6. The van der Waals surface area contributed by atoms with E-state index in [1.807, 2.05) is 0 Å². The molecule has 11 heteroatoms. The van der Waals surface area contributed by atoms with Crippen molar-refractivity contribution in [1.29, 1.82) is 0 Å². The number of nitro groups is 1. The first-order valence-corrected chi connectivity index (χ1v) is 9.63. The highest BCUT2D eigenvalue weighted by Gasteiger charge is 2.33. The average Bonchev–Trinajstić information content (AvgIpc) is 3.26. The molecule has 0 saturated carbocycles. The lowest BCUT2D eigenvalue weighted by Gasteiger charge is -2.20. The lowest BCUT2D eigenvalue weighted by Crippen LogP contribution is -2.25. The summed E-state index contributed by atoms with van der Waals surface area (Å²) in [5.74, 6) is 0.164. The minimum atomic E-state index is -0.872. The maximum absolute atomic E-state index is 13.2. The van der Waals surface area contributed by atoms with Gasteiger partial charge in [-0.25, -0.2) is 9.37 Å². The second kappa shape index (κ2) is 8.91. The van der Waals surface area contributed by atoms with Crippen LogP contribution in [-0.2, 0) is 9.53 Å². The Morgan fingerprint density at radius 2 is 1.91 bits per heavy atom. The van der Waals surface area contributed by atoms with Gasteiger partial charge >= 0.3 is 0 Å². The monoisotopic (exact) mass is 452 g/mol. The third-order valence-corrected chi connectivity index (χ3v) is 4.68. The Morgan fingerprint density at radius 3 is 2.52 bits per heavy atom. The quantitative estimate of drug-likeness (QED) is 0.407. The smallest absolute Gasteiger partial charge is 0.287 e. The molecule has 0 N–H and O–H groups in total. The highest BCUT2D eigenvalue weighted by Crippen LogP contribution is 2.37. The van der Waals surface area contributed by atoms with Crippen LogP contribution in [0.4, 0.5) is 10.1 Å². The maximum atomic E-state index is 13.2. The van der Waals surface area contributed by atoms with Gasteiger partial charge in [-0.1, -0.05) is 0 Å². The molecule has 0 bridgehead atoms. The Labute approximate surface area is 187 Å². The van der Waals surface area contributed by atoms with Crippen LogP contribution in [0.2, 0.25) is 0 Å². The van der Waals surface area contributed by atoms with Gasteiger partial charge in [0.15, 0.2) is 11.5 Å².